The zero-order valence-corrected chi connectivity index (χ0v) is 8.81. The molecule has 1 aliphatic carbocycles. The first-order valence-corrected chi connectivity index (χ1v) is 5.50. The molecule has 1 saturated carbocycles. The highest BCUT2D eigenvalue weighted by Crippen LogP contribution is 2.42. The second-order valence-corrected chi connectivity index (χ2v) is 4.55. The summed E-state index contributed by atoms with van der Waals surface area (Å²) in [6.07, 6.45) is 1.06. The van der Waals surface area contributed by atoms with Crippen LogP contribution in [0.25, 0.3) is 11.0 Å². The molecule has 2 aromatic rings. The predicted molar refractivity (Wildman–Crippen MR) is 60.7 cm³/mol. The molecule has 3 rings (SSSR count). The molecule has 2 heteroatoms. The highest BCUT2D eigenvalue weighted by atomic mass is 16.3. The van der Waals surface area contributed by atoms with Crippen LogP contribution >= 0.6 is 0 Å². The maximum Gasteiger partial charge on any atom is 0.134 e. The van der Waals surface area contributed by atoms with E-state index in [9.17, 15) is 0 Å². The van der Waals surface area contributed by atoms with Gasteiger partial charge >= 0.3 is 0 Å². The van der Waals surface area contributed by atoms with Gasteiger partial charge in [-0.25, -0.2) is 0 Å². The highest BCUT2D eigenvalue weighted by molar-refractivity contribution is 5.77. The van der Waals surface area contributed by atoms with Gasteiger partial charge in [0.05, 0.1) is 0 Å². The Labute approximate surface area is 89.1 Å². The molecule has 1 aromatic carbocycles. The molecule has 1 aromatic heterocycles. The fraction of sp³-hybridized carbons (Fsp3) is 0.385. The molecule has 0 spiro atoms. The van der Waals surface area contributed by atoms with E-state index < -0.39 is 0 Å². The molecular weight excluding hydrogens is 186 g/mol. The molecule has 1 aliphatic rings. The molecular formula is C13H15NO. The molecule has 3 atom stereocenters. The van der Waals surface area contributed by atoms with Crippen LogP contribution in [0.3, 0.4) is 0 Å². The Morgan fingerprint density at radius 2 is 2.13 bits per heavy atom. The van der Waals surface area contributed by atoms with E-state index in [4.69, 9.17) is 10.2 Å². The Morgan fingerprint density at radius 1 is 1.33 bits per heavy atom. The maximum absolute atomic E-state index is 5.90. The summed E-state index contributed by atoms with van der Waals surface area (Å²) in [6, 6.07) is 10.7. The second-order valence-electron chi connectivity index (χ2n) is 4.55. The second kappa shape index (κ2) is 3.11. The number of benzene rings is 1. The topological polar surface area (TPSA) is 39.2 Å². The Kier molecular flexibility index (Phi) is 1.86. The van der Waals surface area contributed by atoms with Crippen LogP contribution in [0.4, 0.5) is 0 Å². The summed E-state index contributed by atoms with van der Waals surface area (Å²) >= 11 is 0. The molecule has 0 bridgehead atoms. The normalized spacial score (nSPS) is 30.4. The average Bonchev–Trinajstić information content (AvgIpc) is 2.67. The van der Waals surface area contributed by atoms with Crippen molar-refractivity contribution in [2.75, 3.05) is 0 Å². The highest BCUT2D eigenvalue weighted by Gasteiger charge is 2.38. The number of hydrogen-bond donors (Lipinski definition) is 1. The first kappa shape index (κ1) is 8.98. The van der Waals surface area contributed by atoms with Crippen LogP contribution in [-0.4, -0.2) is 6.04 Å². The van der Waals surface area contributed by atoms with Crippen molar-refractivity contribution in [3.05, 3.63) is 36.1 Å². The van der Waals surface area contributed by atoms with Crippen molar-refractivity contribution in [3.63, 3.8) is 0 Å². The van der Waals surface area contributed by atoms with Gasteiger partial charge in [-0.15, -0.1) is 0 Å². The van der Waals surface area contributed by atoms with Crippen LogP contribution in [-0.2, 0) is 0 Å². The molecule has 15 heavy (non-hydrogen) atoms. The third-order valence-electron chi connectivity index (χ3n) is 3.65. The van der Waals surface area contributed by atoms with Gasteiger partial charge in [0.1, 0.15) is 11.3 Å². The Bertz CT molecular complexity index is 455. The molecule has 0 aliphatic heterocycles. The van der Waals surface area contributed by atoms with Crippen molar-refractivity contribution in [2.24, 2.45) is 11.7 Å². The Balaban J connectivity index is 1.99. The number of furan rings is 1. The largest absolute Gasteiger partial charge is 0.461 e. The summed E-state index contributed by atoms with van der Waals surface area (Å²) in [7, 11) is 0. The predicted octanol–water partition coefficient (Wildman–Crippen LogP) is 2.88. The van der Waals surface area contributed by atoms with Crippen molar-refractivity contribution >= 4 is 11.0 Å². The summed E-state index contributed by atoms with van der Waals surface area (Å²) in [5.41, 5.74) is 6.89. The molecule has 0 saturated heterocycles. The minimum absolute atomic E-state index is 0.350. The van der Waals surface area contributed by atoms with Crippen LogP contribution in [0.5, 0.6) is 0 Å². The molecule has 1 heterocycles. The number of hydrogen-bond acceptors (Lipinski definition) is 2. The maximum atomic E-state index is 5.90. The van der Waals surface area contributed by atoms with E-state index >= 15 is 0 Å². The van der Waals surface area contributed by atoms with E-state index in [2.05, 4.69) is 19.1 Å². The fourth-order valence-electron chi connectivity index (χ4n) is 2.39. The van der Waals surface area contributed by atoms with Crippen molar-refractivity contribution in [1.29, 1.82) is 0 Å². The first-order chi connectivity index (χ1) is 7.25. The van der Waals surface area contributed by atoms with Crippen molar-refractivity contribution in [3.8, 4) is 0 Å². The summed E-state index contributed by atoms with van der Waals surface area (Å²) in [5.74, 6) is 2.17. The van der Waals surface area contributed by atoms with E-state index in [1.54, 1.807) is 0 Å². The number of fused-ring (bicyclic) bond motifs is 1. The summed E-state index contributed by atoms with van der Waals surface area (Å²) < 4.78 is 5.84. The van der Waals surface area contributed by atoms with Crippen molar-refractivity contribution in [2.45, 2.75) is 25.3 Å². The lowest BCUT2D eigenvalue weighted by Crippen LogP contribution is -2.43. The SMILES string of the molecule is CC1C(N)CC1c1cc2ccccc2o1. The molecule has 3 unspecified atom stereocenters. The molecule has 2 nitrogen and oxygen atoms in total. The van der Waals surface area contributed by atoms with E-state index in [0.29, 0.717) is 17.9 Å². The van der Waals surface area contributed by atoms with E-state index in [1.807, 2.05) is 18.2 Å². The summed E-state index contributed by atoms with van der Waals surface area (Å²) in [5, 5.41) is 1.19. The lowest BCUT2D eigenvalue weighted by molar-refractivity contribution is 0.201. The van der Waals surface area contributed by atoms with Crippen LogP contribution in [0.1, 0.15) is 25.0 Å². The van der Waals surface area contributed by atoms with Crippen molar-refractivity contribution in [1.82, 2.24) is 0 Å². The van der Waals surface area contributed by atoms with E-state index in [0.717, 1.165) is 17.8 Å². The van der Waals surface area contributed by atoms with E-state index in [1.165, 1.54) is 5.39 Å². The van der Waals surface area contributed by atoms with Gasteiger partial charge in [0, 0.05) is 17.3 Å². The van der Waals surface area contributed by atoms with Gasteiger partial charge in [0.2, 0.25) is 0 Å². The van der Waals surface area contributed by atoms with Gasteiger partial charge < -0.3 is 10.2 Å². The minimum atomic E-state index is 0.350. The molecule has 0 radical (unpaired) electrons. The number of nitrogens with two attached hydrogens (primary N) is 1. The molecule has 1 fully saturated rings. The molecule has 0 amide bonds. The third-order valence-corrected chi connectivity index (χ3v) is 3.65. The fourth-order valence-corrected chi connectivity index (χ4v) is 2.39. The average molecular weight is 201 g/mol. The van der Waals surface area contributed by atoms with Gasteiger partial charge in [0.25, 0.3) is 0 Å². The zero-order valence-electron chi connectivity index (χ0n) is 8.81. The zero-order chi connectivity index (χ0) is 10.4. The van der Waals surface area contributed by atoms with Gasteiger partial charge in [-0.1, -0.05) is 25.1 Å². The Morgan fingerprint density at radius 3 is 2.80 bits per heavy atom. The standard InChI is InChI=1S/C13H15NO/c1-8-10(7-11(8)14)13-6-9-4-2-3-5-12(9)15-13/h2-6,8,10-11H,7,14H2,1H3. The number of para-hydroxylation sites is 1. The molecule has 78 valence electrons. The monoisotopic (exact) mass is 201 g/mol. The van der Waals surface area contributed by atoms with Gasteiger partial charge in [-0.2, -0.15) is 0 Å². The van der Waals surface area contributed by atoms with Gasteiger partial charge in [-0.05, 0) is 24.5 Å². The first-order valence-electron chi connectivity index (χ1n) is 5.50. The number of rotatable bonds is 1. The summed E-state index contributed by atoms with van der Waals surface area (Å²) in [6.45, 7) is 2.20. The van der Waals surface area contributed by atoms with Crippen LogP contribution < -0.4 is 5.73 Å². The van der Waals surface area contributed by atoms with E-state index in [-0.39, 0.29) is 0 Å². The smallest absolute Gasteiger partial charge is 0.134 e. The van der Waals surface area contributed by atoms with Crippen LogP contribution in [0.15, 0.2) is 34.7 Å². The van der Waals surface area contributed by atoms with Gasteiger partial charge in [-0.3, -0.25) is 0 Å². The van der Waals surface area contributed by atoms with Crippen molar-refractivity contribution < 1.29 is 4.42 Å². The summed E-state index contributed by atoms with van der Waals surface area (Å²) in [4.78, 5) is 0. The lowest BCUT2D eigenvalue weighted by atomic mass is 9.69. The van der Waals surface area contributed by atoms with Crippen LogP contribution in [0, 0.1) is 5.92 Å². The van der Waals surface area contributed by atoms with Crippen LogP contribution in [0.2, 0.25) is 0 Å². The molecule has 2 N–H and O–H groups in total. The quantitative estimate of drug-likeness (QED) is 0.770. The van der Waals surface area contributed by atoms with Gasteiger partial charge in [0.15, 0.2) is 0 Å². The minimum Gasteiger partial charge on any atom is -0.461 e. The lowest BCUT2D eigenvalue weighted by Gasteiger charge is -2.39. The third kappa shape index (κ3) is 1.29. The Hall–Kier alpha value is -1.28.